The second-order valence-corrected chi connectivity index (χ2v) is 4.83. The molecule has 22 heavy (non-hydrogen) atoms. The van der Waals surface area contributed by atoms with Gasteiger partial charge < -0.3 is 9.84 Å². The molecule has 0 fully saturated rings. The van der Waals surface area contributed by atoms with Gasteiger partial charge >= 0.3 is 5.69 Å². The highest BCUT2D eigenvalue weighted by atomic mass is 35.5. The van der Waals surface area contributed by atoms with E-state index in [1.165, 1.54) is 0 Å². The van der Waals surface area contributed by atoms with Crippen LogP contribution in [0.25, 0.3) is 0 Å². The molecule has 1 amide bonds. The minimum absolute atomic E-state index is 0.152. The molecule has 0 unspecified atom stereocenters. The summed E-state index contributed by atoms with van der Waals surface area (Å²) in [6.07, 6.45) is 0. The van der Waals surface area contributed by atoms with Crippen molar-refractivity contribution in [2.75, 3.05) is 0 Å². The molecule has 0 saturated carbocycles. The molecule has 0 bridgehead atoms. The van der Waals surface area contributed by atoms with E-state index in [0.717, 1.165) is 12.1 Å². The maximum absolute atomic E-state index is 13.5. The van der Waals surface area contributed by atoms with Gasteiger partial charge in [0.15, 0.2) is 5.82 Å². The van der Waals surface area contributed by atoms with Crippen molar-refractivity contribution < 1.29 is 18.6 Å². The van der Waals surface area contributed by atoms with Crippen molar-refractivity contribution in [3.63, 3.8) is 0 Å². The van der Waals surface area contributed by atoms with Gasteiger partial charge in [0.05, 0.1) is 9.95 Å². The third kappa shape index (κ3) is 3.19. The molecule has 1 heterocycles. The highest BCUT2D eigenvalue weighted by molar-refractivity contribution is 6.31. The number of benzene rings is 1. The molecule has 0 aliphatic rings. The van der Waals surface area contributed by atoms with Crippen LogP contribution in [-0.2, 0) is 0 Å². The molecule has 2 aromatic rings. The van der Waals surface area contributed by atoms with E-state index in [1.54, 1.807) is 13.8 Å². The predicted octanol–water partition coefficient (Wildman–Crippen LogP) is 2.57. The first-order valence-corrected chi connectivity index (χ1v) is 6.42. The number of carbonyl (C=O) groups is 1. The van der Waals surface area contributed by atoms with Crippen LogP contribution in [0.4, 0.5) is 10.1 Å². The van der Waals surface area contributed by atoms with Gasteiger partial charge in [0.2, 0.25) is 11.7 Å². The van der Waals surface area contributed by atoms with Gasteiger partial charge in [0, 0.05) is 11.6 Å². The van der Waals surface area contributed by atoms with Crippen molar-refractivity contribution in [3.8, 4) is 0 Å². The van der Waals surface area contributed by atoms with E-state index >= 15 is 0 Å². The lowest BCUT2D eigenvalue weighted by molar-refractivity contribution is -0.387. The van der Waals surface area contributed by atoms with Crippen LogP contribution in [0.15, 0.2) is 16.7 Å². The minimum Gasteiger partial charge on any atom is -0.341 e. The fourth-order valence-corrected chi connectivity index (χ4v) is 1.88. The van der Waals surface area contributed by atoms with E-state index < -0.39 is 33.4 Å². The summed E-state index contributed by atoms with van der Waals surface area (Å²) in [5.74, 6) is -1.30. The molecule has 10 heteroatoms. The first-order chi connectivity index (χ1) is 10.3. The Labute approximate surface area is 128 Å². The number of aromatic nitrogens is 2. The van der Waals surface area contributed by atoms with Gasteiger partial charge in [0.25, 0.3) is 5.91 Å². The Morgan fingerprint density at radius 3 is 2.77 bits per heavy atom. The fraction of sp³-hybridized carbons (Fsp3) is 0.250. The van der Waals surface area contributed by atoms with Gasteiger partial charge in [-0.1, -0.05) is 16.8 Å². The van der Waals surface area contributed by atoms with Crippen molar-refractivity contribution >= 4 is 23.2 Å². The van der Waals surface area contributed by atoms with Crippen LogP contribution in [0.2, 0.25) is 5.02 Å². The molecule has 1 atom stereocenters. The molecule has 0 radical (unpaired) electrons. The zero-order valence-corrected chi connectivity index (χ0v) is 12.2. The Hall–Kier alpha value is -2.55. The van der Waals surface area contributed by atoms with E-state index in [2.05, 4.69) is 15.5 Å². The quantitative estimate of drug-likeness (QED) is 0.682. The Morgan fingerprint density at radius 1 is 1.55 bits per heavy atom. The lowest BCUT2D eigenvalue weighted by Gasteiger charge is -2.10. The zero-order valence-electron chi connectivity index (χ0n) is 11.5. The highest BCUT2D eigenvalue weighted by Crippen LogP contribution is 2.26. The lowest BCUT2D eigenvalue weighted by atomic mass is 10.1. The molecular formula is C12H10ClFN4O4. The second-order valence-electron chi connectivity index (χ2n) is 4.42. The molecule has 2 rings (SSSR count). The number of halogens is 2. The smallest absolute Gasteiger partial charge is 0.307 e. The molecule has 1 aromatic heterocycles. The Morgan fingerprint density at radius 2 is 2.23 bits per heavy atom. The molecule has 0 aliphatic carbocycles. The SMILES string of the molecule is Cc1noc([C@@H](C)NC(=O)c2cc(Cl)c(F)c([N+](=O)[O-])c2)n1. The van der Waals surface area contributed by atoms with Gasteiger partial charge in [-0.15, -0.1) is 0 Å². The number of aryl methyl sites for hydroxylation is 1. The first-order valence-electron chi connectivity index (χ1n) is 6.04. The number of nitrogens with zero attached hydrogens (tertiary/aromatic N) is 3. The lowest BCUT2D eigenvalue weighted by Crippen LogP contribution is -2.27. The summed E-state index contributed by atoms with van der Waals surface area (Å²) in [6.45, 7) is 3.20. The van der Waals surface area contributed by atoms with Crippen LogP contribution in [0.3, 0.4) is 0 Å². The van der Waals surface area contributed by atoms with Crippen molar-refractivity contribution in [1.82, 2.24) is 15.5 Å². The Bertz CT molecular complexity index is 749. The largest absolute Gasteiger partial charge is 0.341 e. The monoisotopic (exact) mass is 328 g/mol. The topological polar surface area (TPSA) is 111 Å². The van der Waals surface area contributed by atoms with E-state index in [4.69, 9.17) is 16.1 Å². The van der Waals surface area contributed by atoms with Gasteiger partial charge in [-0.3, -0.25) is 14.9 Å². The molecule has 0 aliphatic heterocycles. The van der Waals surface area contributed by atoms with Crippen LogP contribution in [0.5, 0.6) is 0 Å². The number of nitro groups is 1. The van der Waals surface area contributed by atoms with Crippen LogP contribution >= 0.6 is 11.6 Å². The fourth-order valence-electron chi connectivity index (χ4n) is 1.67. The summed E-state index contributed by atoms with van der Waals surface area (Å²) < 4.78 is 18.4. The van der Waals surface area contributed by atoms with Crippen LogP contribution in [0, 0.1) is 22.9 Å². The van der Waals surface area contributed by atoms with Crippen LogP contribution in [-0.4, -0.2) is 21.0 Å². The maximum atomic E-state index is 13.5. The Balaban J connectivity index is 2.24. The molecule has 1 aromatic carbocycles. The third-order valence-electron chi connectivity index (χ3n) is 2.73. The number of hydrogen-bond acceptors (Lipinski definition) is 6. The average Bonchev–Trinajstić information content (AvgIpc) is 2.87. The van der Waals surface area contributed by atoms with E-state index in [1.807, 2.05) is 0 Å². The molecule has 116 valence electrons. The third-order valence-corrected chi connectivity index (χ3v) is 3.00. The number of amides is 1. The number of nitrogens with one attached hydrogen (secondary N) is 1. The van der Waals surface area contributed by atoms with Gasteiger partial charge in [-0.25, -0.2) is 0 Å². The van der Waals surface area contributed by atoms with Gasteiger partial charge in [-0.2, -0.15) is 9.37 Å². The maximum Gasteiger partial charge on any atom is 0.307 e. The summed E-state index contributed by atoms with van der Waals surface area (Å²) >= 11 is 5.56. The van der Waals surface area contributed by atoms with Gasteiger partial charge in [0.1, 0.15) is 6.04 Å². The summed E-state index contributed by atoms with van der Waals surface area (Å²) in [5.41, 5.74) is -1.03. The van der Waals surface area contributed by atoms with E-state index in [9.17, 15) is 19.3 Å². The summed E-state index contributed by atoms with van der Waals surface area (Å²) in [5, 5.41) is 16.3. The minimum atomic E-state index is -1.19. The van der Waals surface area contributed by atoms with Crippen molar-refractivity contribution in [3.05, 3.63) is 50.4 Å². The molecule has 0 spiro atoms. The molecule has 8 nitrogen and oxygen atoms in total. The standard InChI is InChI=1S/C12H10ClFN4O4/c1-5(12-16-6(2)17-22-12)15-11(19)7-3-8(13)10(14)9(4-7)18(20)21/h3-5H,1-2H3,(H,15,19)/t5-/m1/s1. The van der Waals surface area contributed by atoms with Gasteiger partial charge in [-0.05, 0) is 19.9 Å². The van der Waals surface area contributed by atoms with Crippen LogP contribution in [0.1, 0.15) is 35.0 Å². The first kappa shape index (κ1) is 15.8. The second kappa shape index (κ2) is 6.06. The van der Waals surface area contributed by atoms with Crippen molar-refractivity contribution in [2.24, 2.45) is 0 Å². The summed E-state index contributed by atoms with van der Waals surface area (Å²) in [7, 11) is 0. The molecule has 1 N–H and O–H groups in total. The predicted molar refractivity (Wildman–Crippen MR) is 73.0 cm³/mol. The van der Waals surface area contributed by atoms with E-state index in [-0.39, 0.29) is 11.5 Å². The molecular weight excluding hydrogens is 319 g/mol. The number of nitro benzene ring substituents is 1. The highest BCUT2D eigenvalue weighted by Gasteiger charge is 2.23. The Kier molecular flexibility index (Phi) is 4.36. The van der Waals surface area contributed by atoms with Crippen LogP contribution < -0.4 is 5.32 Å². The van der Waals surface area contributed by atoms with E-state index in [0.29, 0.717) is 5.82 Å². The van der Waals surface area contributed by atoms with Crippen molar-refractivity contribution in [1.29, 1.82) is 0 Å². The van der Waals surface area contributed by atoms with Crippen molar-refractivity contribution in [2.45, 2.75) is 19.9 Å². The normalized spacial score (nSPS) is 12.0. The number of hydrogen-bond donors (Lipinski definition) is 1. The summed E-state index contributed by atoms with van der Waals surface area (Å²) in [4.78, 5) is 25.8. The zero-order chi connectivity index (χ0) is 16.4. The summed E-state index contributed by atoms with van der Waals surface area (Å²) in [6, 6.07) is 1.18. The number of carbonyl (C=O) groups excluding carboxylic acids is 1. The number of rotatable bonds is 4. The average molecular weight is 329 g/mol. The molecule has 0 saturated heterocycles.